The van der Waals surface area contributed by atoms with E-state index in [0.717, 1.165) is 16.6 Å². The summed E-state index contributed by atoms with van der Waals surface area (Å²) in [5.41, 5.74) is 0.226. The van der Waals surface area contributed by atoms with E-state index in [0.29, 0.717) is 18.1 Å². The zero-order valence-corrected chi connectivity index (χ0v) is 16.8. The fourth-order valence-electron chi connectivity index (χ4n) is 3.74. The topological polar surface area (TPSA) is 66.9 Å². The Morgan fingerprint density at radius 3 is 2.73 bits per heavy atom. The van der Waals surface area contributed by atoms with Gasteiger partial charge in [0.05, 0.1) is 16.6 Å². The lowest BCUT2D eigenvalue weighted by Gasteiger charge is -2.32. The Labute approximate surface area is 175 Å². The number of carbonyl (C=O) groups excluding carboxylic acids is 1. The van der Waals surface area contributed by atoms with Gasteiger partial charge in [-0.25, -0.2) is 9.97 Å². The van der Waals surface area contributed by atoms with Crippen LogP contribution in [0.3, 0.4) is 0 Å². The van der Waals surface area contributed by atoms with E-state index in [9.17, 15) is 18.0 Å². The van der Waals surface area contributed by atoms with Crippen LogP contribution < -0.4 is 10.6 Å². The highest BCUT2D eigenvalue weighted by atomic mass is 32.1. The lowest BCUT2D eigenvalue weighted by atomic mass is 9.83. The van der Waals surface area contributed by atoms with Crippen LogP contribution in [0.5, 0.6) is 0 Å². The maximum Gasteiger partial charge on any atom is 0.416 e. The van der Waals surface area contributed by atoms with Crippen molar-refractivity contribution in [1.82, 2.24) is 15.3 Å². The van der Waals surface area contributed by atoms with Gasteiger partial charge >= 0.3 is 6.18 Å². The van der Waals surface area contributed by atoms with Gasteiger partial charge in [0.15, 0.2) is 0 Å². The molecule has 2 aromatic heterocycles. The summed E-state index contributed by atoms with van der Waals surface area (Å²) in [4.78, 5) is 21.0. The Morgan fingerprint density at radius 1 is 1.20 bits per heavy atom. The Balaban J connectivity index is 1.59. The van der Waals surface area contributed by atoms with E-state index in [-0.39, 0.29) is 23.8 Å². The van der Waals surface area contributed by atoms with Crippen LogP contribution in [-0.4, -0.2) is 15.9 Å². The molecule has 30 heavy (non-hydrogen) atoms. The summed E-state index contributed by atoms with van der Waals surface area (Å²) < 4.78 is 40.3. The third kappa shape index (κ3) is 4.46. The van der Waals surface area contributed by atoms with Gasteiger partial charge in [-0.2, -0.15) is 13.2 Å². The van der Waals surface area contributed by atoms with Crippen LogP contribution in [-0.2, 0) is 11.0 Å². The normalized spacial score (nSPS) is 19.4. The molecule has 0 radical (unpaired) electrons. The molecule has 1 amide bonds. The third-order valence-electron chi connectivity index (χ3n) is 5.06. The largest absolute Gasteiger partial charge is 0.416 e. The highest BCUT2D eigenvalue weighted by Crippen LogP contribution is 2.40. The number of hydrogen-bond acceptors (Lipinski definition) is 5. The molecule has 1 aromatic carbocycles. The van der Waals surface area contributed by atoms with Crippen molar-refractivity contribution in [3.63, 3.8) is 0 Å². The molecule has 9 heteroatoms. The number of anilines is 2. The molecule has 0 saturated carbocycles. The first-order valence-electron chi connectivity index (χ1n) is 9.40. The van der Waals surface area contributed by atoms with Crippen molar-refractivity contribution in [3.8, 4) is 0 Å². The number of pyridine rings is 1. The van der Waals surface area contributed by atoms with Crippen molar-refractivity contribution in [2.75, 3.05) is 5.32 Å². The molecule has 1 saturated heterocycles. The second-order valence-corrected chi connectivity index (χ2v) is 8.26. The minimum Gasteiger partial charge on any atom is -0.349 e. The molecule has 0 spiro atoms. The van der Waals surface area contributed by atoms with Crippen molar-refractivity contribution in [2.24, 2.45) is 0 Å². The van der Waals surface area contributed by atoms with Gasteiger partial charge in [0, 0.05) is 18.0 Å². The molecule has 156 valence electrons. The first-order chi connectivity index (χ1) is 14.3. The Hall–Kier alpha value is -2.94. The number of alkyl halides is 3. The second-order valence-electron chi connectivity index (χ2n) is 7.19. The molecule has 3 aromatic rings. The van der Waals surface area contributed by atoms with Crippen molar-refractivity contribution in [1.29, 1.82) is 0 Å². The molecule has 2 N–H and O–H groups in total. The number of thiazole rings is 1. The Bertz CT molecular complexity index is 1070. The van der Waals surface area contributed by atoms with Crippen molar-refractivity contribution in [3.05, 3.63) is 69.7 Å². The summed E-state index contributed by atoms with van der Waals surface area (Å²) in [6.07, 6.45) is -2.27. The maximum atomic E-state index is 13.4. The quantitative estimate of drug-likeness (QED) is 0.584. The van der Waals surface area contributed by atoms with Gasteiger partial charge in [-0.05, 0) is 48.6 Å². The van der Waals surface area contributed by atoms with Crippen molar-refractivity contribution < 1.29 is 18.0 Å². The van der Waals surface area contributed by atoms with E-state index in [1.807, 2.05) is 18.4 Å². The predicted octanol–water partition coefficient (Wildman–Crippen LogP) is 5.34. The van der Waals surface area contributed by atoms with Gasteiger partial charge in [-0.3, -0.25) is 4.79 Å². The van der Waals surface area contributed by atoms with Crippen LogP contribution >= 0.6 is 11.3 Å². The zero-order valence-electron chi connectivity index (χ0n) is 16.0. The van der Waals surface area contributed by atoms with Gasteiger partial charge in [0.25, 0.3) is 0 Å². The molecule has 0 aliphatic carbocycles. The summed E-state index contributed by atoms with van der Waals surface area (Å²) in [6, 6.07) is 8.31. The maximum absolute atomic E-state index is 13.4. The van der Waals surface area contributed by atoms with E-state index in [1.54, 1.807) is 18.3 Å². The van der Waals surface area contributed by atoms with E-state index in [2.05, 4.69) is 20.6 Å². The average molecular weight is 432 g/mol. The summed E-state index contributed by atoms with van der Waals surface area (Å²) in [5.74, 6) is 0.775. The highest BCUT2D eigenvalue weighted by molar-refractivity contribution is 7.09. The van der Waals surface area contributed by atoms with E-state index < -0.39 is 17.8 Å². The van der Waals surface area contributed by atoms with Gasteiger partial charge in [-0.15, -0.1) is 11.3 Å². The van der Waals surface area contributed by atoms with Gasteiger partial charge in [0.2, 0.25) is 5.91 Å². The average Bonchev–Trinajstić information content (AvgIpc) is 3.11. The summed E-state index contributed by atoms with van der Waals surface area (Å²) in [6.45, 7) is 1.90. The molecule has 1 fully saturated rings. The monoisotopic (exact) mass is 432 g/mol. The Morgan fingerprint density at radius 2 is 2.00 bits per heavy atom. The standard InChI is InChI=1S/C21H19F3N4OS/c1-12-26-19(11-30-12)28-18-9-13(6-7-25-18)14-8-17(27-20(29)10-14)15-4-2-3-5-16(15)21(22,23)24/h2-7,9,11,14,17H,8,10H2,1H3,(H,25,28)(H,27,29). The first kappa shape index (κ1) is 20.3. The third-order valence-corrected chi connectivity index (χ3v) is 5.83. The number of carbonyl (C=O) groups is 1. The number of aryl methyl sites for hydroxylation is 1. The lowest BCUT2D eigenvalue weighted by molar-refractivity contribution is -0.139. The van der Waals surface area contributed by atoms with Crippen molar-refractivity contribution >= 4 is 28.9 Å². The van der Waals surface area contributed by atoms with Crippen LogP contribution in [0.15, 0.2) is 48.0 Å². The number of piperidine rings is 1. The zero-order chi connectivity index (χ0) is 21.3. The summed E-state index contributed by atoms with van der Waals surface area (Å²) >= 11 is 1.51. The highest BCUT2D eigenvalue weighted by Gasteiger charge is 2.37. The van der Waals surface area contributed by atoms with E-state index in [1.165, 1.54) is 23.5 Å². The predicted molar refractivity (Wildman–Crippen MR) is 109 cm³/mol. The molecular weight excluding hydrogens is 413 g/mol. The van der Waals surface area contributed by atoms with Crippen LogP contribution in [0.4, 0.5) is 24.8 Å². The molecule has 5 nitrogen and oxygen atoms in total. The fourth-order valence-corrected chi connectivity index (χ4v) is 4.29. The minimum atomic E-state index is -4.48. The van der Waals surface area contributed by atoms with Crippen LogP contribution in [0.25, 0.3) is 0 Å². The minimum absolute atomic E-state index is 0.0911. The number of amides is 1. The van der Waals surface area contributed by atoms with E-state index in [4.69, 9.17) is 0 Å². The first-order valence-corrected chi connectivity index (χ1v) is 10.3. The van der Waals surface area contributed by atoms with Crippen LogP contribution in [0, 0.1) is 6.92 Å². The molecular formula is C21H19F3N4OS. The molecule has 4 rings (SSSR count). The van der Waals surface area contributed by atoms with Crippen LogP contribution in [0.2, 0.25) is 0 Å². The Kier molecular flexibility index (Phi) is 5.46. The molecule has 1 aliphatic rings. The number of nitrogens with one attached hydrogen (secondary N) is 2. The molecule has 1 aliphatic heterocycles. The second kappa shape index (κ2) is 8.06. The number of nitrogens with zero attached hydrogens (tertiary/aromatic N) is 2. The number of halogens is 3. The molecule has 0 bridgehead atoms. The summed E-state index contributed by atoms with van der Waals surface area (Å²) in [7, 11) is 0. The number of hydrogen-bond donors (Lipinski definition) is 2. The lowest BCUT2D eigenvalue weighted by Crippen LogP contribution is -2.37. The fraction of sp³-hybridized carbons (Fsp3) is 0.286. The molecule has 3 heterocycles. The smallest absolute Gasteiger partial charge is 0.349 e. The van der Waals surface area contributed by atoms with Gasteiger partial charge in [-0.1, -0.05) is 18.2 Å². The number of rotatable bonds is 4. The summed E-state index contributed by atoms with van der Waals surface area (Å²) in [5, 5.41) is 8.65. The molecule has 2 atom stereocenters. The SMILES string of the molecule is Cc1nc(Nc2cc(C3CC(=O)NC(c4ccccc4C(F)(F)F)C3)ccn2)cs1. The number of benzene rings is 1. The van der Waals surface area contributed by atoms with E-state index >= 15 is 0 Å². The number of aromatic nitrogens is 2. The molecule has 2 unspecified atom stereocenters. The van der Waals surface area contributed by atoms with Gasteiger partial charge in [0.1, 0.15) is 11.6 Å². The van der Waals surface area contributed by atoms with Crippen molar-refractivity contribution in [2.45, 2.75) is 37.9 Å². The van der Waals surface area contributed by atoms with Gasteiger partial charge < -0.3 is 10.6 Å². The van der Waals surface area contributed by atoms with Crippen LogP contribution in [0.1, 0.15) is 46.5 Å².